The fourth-order valence-electron chi connectivity index (χ4n) is 3.94. The van der Waals surface area contributed by atoms with E-state index in [0.717, 1.165) is 49.2 Å². The molecular weight excluding hydrogens is 388 g/mol. The predicted molar refractivity (Wildman–Crippen MR) is 125 cm³/mol. The third kappa shape index (κ3) is 5.33. The number of benzene rings is 2. The van der Waals surface area contributed by atoms with Crippen LogP contribution >= 0.6 is 0 Å². The second kappa shape index (κ2) is 9.79. The van der Waals surface area contributed by atoms with Crippen LogP contribution in [0.2, 0.25) is 0 Å². The number of para-hydroxylation sites is 1. The highest BCUT2D eigenvalue weighted by atomic mass is 16.5. The van der Waals surface area contributed by atoms with Crippen LogP contribution < -0.4 is 15.0 Å². The lowest BCUT2D eigenvalue weighted by Gasteiger charge is -2.28. The van der Waals surface area contributed by atoms with Crippen molar-refractivity contribution < 1.29 is 9.53 Å². The molecule has 0 aliphatic carbocycles. The van der Waals surface area contributed by atoms with E-state index < -0.39 is 0 Å². The van der Waals surface area contributed by atoms with Crippen LogP contribution in [0.15, 0.2) is 54.6 Å². The molecule has 1 aliphatic rings. The second-order valence-electron chi connectivity index (χ2n) is 8.18. The summed E-state index contributed by atoms with van der Waals surface area (Å²) in [5.41, 5.74) is 3.66. The van der Waals surface area contributed by atoms with Gasteiger partial charge in [0, 0.05) is 45.7 Å². The van der Waals surface area contributed by atoms with Crippen LogP contribution in [0.4, 0.5) is 5.82 Å². The topological polar surface area (TPSA) is 57.7 Å². The molecule has 1 aliphatic heterocycles. The van der Waals surface area contributed by atoms with Gasteiger partial charge in [-0.25, -0.2) is 4.98 Å². The summed E-state index contributed by atoms with van der Waals surface area (Å²) in [6, 6.07) is 18.4. The number of nitrogens with zero attached hydrogens (tertiary/aromatic N) is 3. The number of nitrogens with one attached hydrogen (secondary N) is 1. The molecule has 6 nitrogen and oxygen atoms in total. The number of carbonyl (C=O) groups is 1. The summed E-state index contributed by atoms with van der Waals surface area (Å²) >= 11 is 0. The van der Waals surface area contributed by atoms with Crippen molar-refractivity contribution in [2.45, 2.75) is 19.4 Å². The fourth-order valence-corrected chi connectivity index (χ4v) is 3.94. The number of hydrogen-bond acceptors (Lipinski definition) is 5. The van der Waals surface area contributed by atoms with Gasteiger partial charge in [0.05, 0.1) is 0 Å². The molecule has 4 rings (SSSR count). The maximum atomic E-state index is 12.3. The average molecular weight is 419 g/mol. The Morgan fingerprint density at radius 2 is 1.94 bits per heavy atom. The van der Waals surface area contributed by atoms with E-state index in [-0.39, 0.29) is 12.5 Å². The molecule has 0 atom stereocenters. The molecule has 2 aromatic carbocycles. The van der Waals surface area contributed by atoms with Crippen molar-refractivity contribution in [3.05, 3.63) is 65.7 Å². The van der Waals surface area contributed by atoms with Crippen molar-refractivity contribution >= 4 is 22.6 Å². The largest absolute Gasteiger partial charge is 0.481 e. The van der Waals surface area contributed by atoms with Gasteiger partial charge in [0.15, 0.2) is 6.61 Å². The van der Waals surface area contributed by atoms with E-state index in [1.54, 1.807) is 0 Å². The van der Waals surface area contributed by atoms with Gasteiger partial charge >= 0.3 is 0 Å². The highest BCUT2D eigenvalue weighted by Crippen LogP contribution is 2.26. The van der Waals surface area contributed by atoms with Gasteiger partial charge in [0.2, 0.25) is 0 Å². The summed E-state index contributed by atoms with van der Waals surface area (Å²) in [4.78, 5) is 21.3. The van der Waals surface area contributed by atoms with E-state index >= 15 is 0 Å². The SMILES string of the molecule is CN(C)c1ccc2cccc(OCC(=O)NCCCN3CCc4ccccc4C3)c2n1. The highest BCUT2D eigenvalue weighted by molar-refractivity contribution is 5.86. The Hall–Kier alpha value is -3.12. The van der Waals surface area contributed by atoms with Crippen molar-refractivity contribution in [2.75, 3.05) is 45.2 Å². The molecule has 1 aromatic heterocycles. The number of fused-ring (bicyclic) bond motifs is 2. The second-order valence-corrected chi connectivity index (χ2v) is 8.18. The minimum Gasteiger partial charge on any atom is -0.481 e. The number of aromatic nitrogens is 1. The van der Waals surface area contributed by atoms with Gasteiger partial charge in [0.25, 0.3) is 5.91 Å². The monoisotopic (exact) mass is 418 g/mol. The molecule has 2 heterocycles. The summed E-state index contributed by atoms with van der Waals surface area (Å²) in [5.74, 6) is 1.38. The summed E-state index contributed by atoms with van der Waals surface area (Å²) in [7, 11) is 3.90. The van der Waals surface area contributed by atoms with Crippen LogP contribution in [0.25, 0.3) is 10.9 Å². The van der Waals surface area contributed by atoms with Crippen molar-refractivity contribution in [1.29, 1.82) is 0 Å². The Kier molecular flexibility index (Phi) is 6.67. The van der Waals surface area contributed by atoms with Crippen LogP contribution in [0.1, 0.15) is 17.5 Å². The minimum absolute atomic E-state index is 0.00985. The third-order valence-corrected chi connectivity index (χ3v) is 5.67. The number of rotatable bonds is 8. The molecular formula is C25H30N4O2. The van der Waals surface area contributed by atoms with E-state index in [2.05, 4.69) is 39.5 Å². The van der Waals surface area contributed by atoms with Crippen molar-refractivity contribution in [3.63, 3.8) is 0 Å². The Balaban J connectivity index is 1.23. The molecule has 6 heteroatoms. The fraction of sp³-hybridized carbons (Fsp3) is 0.360. The van der Waals surface area contributed by atoms with E-state index in [0.29, 0.717) is 12.3 Å². The lowest BCUT2D eigenvalue weighted by atomic mass is 10.00. The molecule has 0 fully saturated rings. The van der Waals surface area contributed by atoms with Crippen LogP contribution in [-0.2, 0) is 17.8 Å². The third-order valence-electron chi connectivity index (χ3n) is 5.67. The van der Waals surface area contributed by atoms with Gasteiger partial charge < -0.3 is 15.0 Å². The number of ether oxygens (including phenoxy) is 1. The molecule has 0 saturated carbocycles. The Morgan fingerprint density at radius 1 is 1.10 bits per heavy atom. The molecule has 31 heavy (non-hydrogen) atoms. The number of anilines is 1. The van der Waals surface area contributed by atoms with Gasteiger partial charge in [-0.15, -0.1) is 0 Å². The van der Waals surface area contributed by atoms with Crippen LogP contribution in [-0.4, -0.2) is 56.1 Å². The van der Waals surface area contributed by atoms with E-state index in [1.165, 1.54) is 11.1 Å². The lowest BCUT2D eigenvalue weighted by molar-refractivity contribution is -0.123. The summed E-state index contributed by atoms with van der Waals surface area (Å²) in [6.45, 7) is 3.70. The van der Waals surface area contributed by atoms with Crippen molar-refractivity contribution in [1.82, 2.24) is 15.2 Å². The van der Waals surface area contributed by atoms with Gasteiger partial charge in [-0.3, -0.25) is 9.69 Å². The predicted octanol–water partition coefficient (Wildman–Crippen LogP) is 3.24. The lowest BCUT2D eigenvalue weighted by Crippen LogP contribution is -2.35. The highest BCUT2D eigenvalue weighted by Gasteiger charge is 2.15. The molecule has 0 spiro atoms. The molecule has 162 valence electrons. The Bertz CT molecular complexity index is 1050. The first-order valence-corrected chi connectivity index (χ1v) is 10.9. The Morgan fingerprint density at radius 3 is 2.77 bits per heavy atom. The first-order valence-electron chi connectivity index (χ1n) is 10.9. The number of hydrogen-bond donors (Lipinski definition) is 1. The standard InChI is InChI=1S/C25H30N4O2/c1-28(2)23-12-11-20-9-5-10-22(25(20)27-23)31-18-24(30)26-14-6-15-29-16-13-19-7-3-4-8-21(19)17-29/h3-5,7-12H,6,13-18H2,1-2H3,(H,26,30). The number of pyridine rings is 1. The van der Waals surface area contributed by atoms with Gasteiger partial charge in [-0.2, -0.15) is 0 Å². The molecule has 0 bridgehead atoms. The molecule has 3 aromatic rings. The maximum absolute atomic E-state index is 12.3. The molecule has 0 radical (unpaired) electrons. The number of carbonyl (C=O) groups excluding carboxylic acids is 1. The normalized spacial score (nSPS) is 13.6. The first-order chi connectivity index (χ1) is 15.1. The van der Waals surface area contributed by atoms with Crippen LogP contribution in [0.3, 0.4) is 0 Å². The first kappa shape index (κ1) is 21.1. The van der Waals surface area contributed by atoms with Crippen LogP contribution in [0.5, 0.6) is 5.75 Å². The minimum atomic E-state index is -0.107. The maximum Gasteiger partial charge on any atom is 0.257 e. The zero-order valence-corrected chi connectivity index (χ0v) is 18.3. The molecule has 1 N–H and O–H groups in total. The summed E-state index contributed by atoms with van der Waals surface area (Å²) < 4.78 is 5.80. The molecule has 1 amide bonds. The average Bonchev–Trinajstić information content (AvgIpc) is 2.80. The Labute approximate surface area is 183 Å². The van der Waals surface area contributed by atoms with E-state index in [4.69, 9.17) is 4.74 Å². The molecule has 0 unspecified atom stereocenters. The molecule has 0 saturated heterocycles. The van der Waals surface area contributed by atoms with Crippen molar-refractivity contribution in [3.8, 4) is 5.75 Å². The van der Waals surface area contributed by atoms with E-state index in [1.807, 2.05) is 49.3 Å². The van der Waals surface area contributed by atoms with E-state index in [9.17, 15) is 4.79 Å². The summed E-state index contributed by atoms with van der Waals surface area (Å²) in [6.07, 6.45) is 2.03. The zero-order chi connectivity index (χ0) is 21.6. The smallest absolute Gasteiger partial charge is 0.257 e. The summed E-state index contributed by atoms with van der Waals surface area (Å²) in [5, 5.41) is 3.96. The van der Waals surface area contributed by atoms with Gasteiger partial charge in [0.1, 0.15) is 17.1 Å². The quantitative estimate of drug-likeness (QED) is 0.569. The van der Waals surface area contributed by atoms with Gasteiger partial charge in [-0.1, -0.05) is 36.4 Å². The number of amides is 1. The van der Waals surface area contributed by atoms with Crippen molar-refractivity contribution in [2.24, 2.45) is 0 Å². The van der Waals surface area contributed by atoms with Crippen LogP contribution in [0, 0.1) is 0 Å². The zero-order valence-electron chi connectivity index (χ0n) is 18.3. The van der Waals surface area contributed by atoms with Gasteiger partial charge in [-0.05, 0) is 42.2 Å².